The first kappa shape index (κ1) is 9.06. The summed E-state index contributed by atoms with van der Waals surface area (Å²) in [6.45, 7) is 1.62. The number of halogens is 2. The van der Waals surface area contributed by atoms with Gasteiger partial charge >= 0.3 is 0 Å². The molecule has 0 saturated heterocycles. The third-order valence-corrected chi connectivity index (χ3v) is 1.34. The van der Waals surface area contributed by atoms with Gasteiger partial charge in [-0.05, 0) is 19.1 Å². The SMILES string of the molecule is CC(=S)Nc1ccc(F)cc1F. The number of thiocarbonyl (C=S) groups is 1. The summed E-state index contributed by atoms with van der Waals surface area (Å²) in [6.07, 6.45) is 0. The zero-order valence-electron chi connectivity index (χ0n) is 6.40. The van der Waals surface area contributed by atoms with Crippen LogP contribution >= 0.6 is 12.2 Å². The van der Waals surface area contributed by atoms with Crippen molar-refractivity contribution in [2.75, 3.05) is 5.32 Å². The Kier molecular flexibility index (Phi) is 2.70. The van der Waals surface area contributed by atoms with Crippen molar-refractivity contribution >= 4 is 22.9 Å². The number of rotatable bonds is 1. The van der Waals surface area contributed by atoms with Gasteiger partial charge in [-0.1, -0.05) is 12.2 Å². The Morgan fingerprint density at radius 3 is 2.58 bits per heavy atom. The summed E-state index contributed by atoms with van der Waals surface area (Å²) < 4.78 is 25.2. The Morgan fingerprint density at radius 1 is 1.42 bits per heavy atom. The Morgan fingerprint density at radius 2 is 2.08 bits per heavy atom. The summed E-state index contributed by atoms with van der Waals surface area (Å²) in [5, 5.41) is 2.59. The van der Waals surface area contributed by atoms with Gasteiger partial charge in [0.15, 0.2) is 0 Å². The molecule has 12 heavy (non-hydrogen) atoms. The van der Waals surface area contributed by atoms with Crippen molar-refractivity contribution in [3.05, 3.63) is 29.8 Å². The van der Waals surface area contributed by atoms with Crippen molar-refractivity contribution in [3.63, 3.8) is 0 Å². The zero-order valence-corrected chi connectivity index (χ0v) is 7.21. The molecule has 0 aromatic heterocycles. The first-order chi connectivity index (χ1) is 5.59. The molecule has 4 heteroatoms. The normalized spacial score (nSPS) is 9.58. The van der Waals surface area contributed by atoms with Crippen LogP contribution in [0.4, 0.5) is 14.5 Å². The molecule has 0 aliphatic carbocycles. The molecule has 0 unspecified atom stereocenters. The van der Waals surface area contributed by atoms with E-state index in [0.29, 0.717) is 4.99 Å². The Hall–Kier alpha value is -1.03. The van der Waals surface area contributed by atoms with Crippen molar-refractivity contribution in [2.24, 2.45) is 0 Å². The van der Waals surface area contributed by atoms with Crippen LogP contribution in [0.3, 0.4) is 0 Å². The predicted octanol–water partition coefficient (Wildman–Crippen LogP) is 2.72. The maximum atomic E-state index is 12.8. The fourth-order valence-corrected chi connectivity index (χ4v) is 0.890. The summed E-state index contributed by atoms with van der Waals surface area (Å²) in [7, 11) is 0. The fraction of sp³-hybridized carbons (Fsp3) is 0.125. The number of hydrogen-bond acceptors (Lipinski definition) is 1. The van der Waals surface area contributed by atoms with Gasteiger partial charge in [-0.25, -0.2) is 8.78 Å². The molecule has 0 fully saturated rings. The number of benzene rings is 1. The number of anilines is 1. The lowest BCUT2D eigenvalue weighted by Gasteiger charge is -2.04. The van der Waals surface area contributed by atoms with Crippen molar-refractivity contribution in [2.45, 2.75) is 6.92 Å². The fourth-order valence-electron chi connectivity index (χ4n) is 0.780. The van der Waals surface area contributed by atoms with E-state index in [0.717, 1.165) is 6.07 Å². The van der Waals surface area contributed by atoms with Crippen LogP contribution < -0.4 is 5.32 Å². The minimum atomic E-state index is -0.640. The van der Waals surface area contributed by atoms with E-state index >= 15 is 0 Å². The molecular weight excluding hydrogens is 180 g/mol. The lowest BCUT2D eigenvalue weighted by atomic mass is 10.3. The molecule has 0 heterocycles. The number of hydrogen-bond donors (Lipinski definition) is 1. The summed E-state index contributed by atoms with van der Waals surface area (Å²) in [5.41, 5.74) is 0.198. The third kappa shape index (κ3) is 2.23. The minimum Gasteiger partial charge on any atom is -0.348 e. The van der Waals surface area contributed by atoms with E-state index in [-0.39, 0.29) is 5.69 Å². The van der Waals surface area contributed by atoms with Gasteiger partial charge in [-0.15, -0.1) is 0 Å². The highest BCUT2D eigenvalue weighted by molar-refractivity contribution is 7.80. The van der Waals surface area contributed by atoms with Crippen LogP contribution in [-0.4, -0.2) is 4.99 Å². The summed E-state index contributed by atoms with van der Waals surface area (Å²) in [4.78, 5) is 0.445. The highest BCUT2D eigenvalue weighted by Gasteiger charge is 2.02. The molecule has 0 atom stereocenters. The van der Waals surface area contributed by atoms with Gasteiger partial charge in [0.2, 0.25) is 0 Å². The molecule has 0 spiro atoms. The highest BCUT2D eigenvalue weighted by atomic mass is 32.1. The third-order valence-electron chi connectivity index (χ3n) is 1.24. The predicted molar refractivity (Wildman–Crippen MR) is 48.3 cm³/mol. The van der Waals surface area contributed by atoms with Crippen LogP contribution in [0.15, 0.2) is 18.2 Å². The van der Waals surface area contributed by atoms with Crippen LogP contribution in [0.5, 0.6) is 0 Å². The molecule has 1 N–H and O–H groups in total. The summed E-state index contributed by atoms with van der Waals surface area (Å²) in [5.74, 6) is -1.24. The second kappa shape index (κ2) is 3.58. The molecule has 0 radical (unpaired) electrons. The smallest absolute Gasteiger partial charge is 0.149 e. The lowest BCUT2D eigenvalue weighted by molar-refractivity contribution is 0.586. The maximum absolute atomic E-state index is 12.8. The highest BCUT2D eigenvalue weighted by Crippen LogP contribution is 2.14. The van der Waals surface area contributed by atoms with Crippen molar-refractivity contribution in [1.29, 1.82) is 0 Å². The molecule has 1 rings (SSSR count). The largest absolute Gasteiger partial charge is 0.348 e. The average molecular weight is 187 g/mol. The van der Waals surface area contributed by atoms with Crippen LogP contribution in [0.1, 0.15) is 6.92 Å². The van der Waals surface area contributed by atoms with E-state index < -0.39 is 11.6 Å². The molecule has 0 bridgehead atoms. The molecule has 1 aromatic rings. The van der Waals surface area contributed by atoms with Crippen molar-refractivity contribution < 1.29 is 8.78 Å². The topological polar surface area (TPSA) is 12.0 Å². The van der Waals surface area contributed by atoms with Crippen LogP contribution in [0.2, 0.25) is 0 Å². The standard InChI is InChI=1S/C8H7F2NS/c1-5(12)11-8-3-2-6(9)4-7(8)10/h2-4H,1H3,(H,11,12). The van der Waals surface area contributed by atoms with E-state index in [1.165, 1.54) is 12.1 Å². The first-order valence-electron chi connectivity index (χ1n) is 3.32. The van der Waals surface area contributed by atoms with E-state index in [2.05, 4.69) is 5.32 Å². The first-order valence-corrected chi connectivity index (χ1v) is 3.73. The Labute approximate surface area is 74.4 Å². The average Bonchev–Trinajstić information content (AvgIpc) is 1.94. The monoisotopic (exact) mass is 187 g/mol. The minimum absolute atomic E-state index is 0.198. The summed E-state index contributed by atoms with van der Waals surface area (Å²) in [6, 6.07) is 3.28. The van der Waals surface area contributed by atoms with Gasteiger partial charge in [0.1, 0.15) is 11.6 Å². The molecule has 1 nitrogen and oxygen atoms in total. The maximum Gasteiger partial charge on any atom is 0.149 e. The molecular formula is C8H7F2NS. The van der Waals surface area contributed by atoms with E-state index in [4.69, 9.17) is 12.2 Å². The second-order valence-electron chi connectivity index (χ2n) is 2.31. The number of nitrogens with one attached hydrogen (secondary N) is 1. The molecule has 1 aromatic carbocycles. The molecule has 64 valence electrons. The Bertz CT molecular complexity index is 312. The van der Waals surface area contributed by atoms with E-state index in [1.54, 1.807) is 6.92 Å². The quantitative estimate of drug-likeness (QED) is 0.678. The van der Waals surface area contributed by atoms with Crippen molar-refractivity contribution in [1.82, 2.24) is 0 Å². The van der Waals surface area contributed by atoms with Gasteiger partial charge in [0.05, 0.1) is 10.7 Å². The van der Waals surface area contributed by atoms with Crippen LogP contribution in [0.25, 0.3) is 0 Å². The van der Waals surface area contributed by atoms with E-state index in [9.17, 15) is 8.78 Å². The van der Waals surface area contributed by atoms with Crippen molar-refractivity contribution in [3.8, 4) is 0 Å². The van der Waals surface area contributed by atoms with Gasteiger partial charge in [0, 0.05) is 6.07 Å². The van der Waals surface area contributed by atoms with Gasteiger partial charge < -0.3 is 5.32 Å². The zero-order chi connectivity index (χ0) is 9.14. The Balaban J connectivity index is 2.93. The molecule has 0 aliphatic heterocycles. The summed E-state index contributed by atoms with van der Waals surface area (Å²) >= 11 is 4.70. The van der Waals surface area contributed by atoms with Gasteiger partial charge in [-0.2, -0.15) is 0 Å². The van der Waals surface area contributed by atoms with Gasteiger partial charge in [-0.3, -0.25) is 0 Å². The molecule has 0 saturated carbocycles. The van der Waals surface area contributed by atoms with E-state index in [1.807, 2.05) is 0 Å². The van der Waals surface area contributed by atoms with Crippen LogP contribution in [-0.2, 0) is 0 Å². The molecule has 0 aliphatic rings. The lowest BCUT2D eigenvalue weighted by Crippen LogP contribution is -2.05. The second-order valence-corrected chi connectivity index (χ2v) is 2.92. The van der Waals surface area contributed by atoms with Gasteiger partial charge in [0.25, 0.3) is 0 Å². The molecule has 0 amide bonds. The van der Waals surface area contributed by atoms with Crippen LogP contribution in [0, 0.1) is 11.6 Å².